The van der Waals surface area contributed by atoms with E-state index in [1.807, 2.05) is 24.8 Å². The van der Waals surface area contributed by atoms with Gasteiger partial charge in [-0.05, 0) is 56.5 Å². The van der Waals surface area contributed by atoms with E-state index in [0.29, 0.717) is 16.7 Å². The molecule has 1 aliphatic heterocycles. The van der Waals surface area contributed by atoms with E-state index >= 15 is 0 Å². The topological polar surface area (TPSA) is 72.3 Å². The average Bonchev–Trinajstić information content (AvgIpc) is 3.34. The highest BCUT2D eigenvalue weighted by Crippen LogP contribution is 2.36. The van der Waals surface area contributed by atoms with Crippen molar-refractivity contribution in [1.82, 2.24) is 14.8 Å². The minimum absolute atomic E-state index is 0.120. The van der Waals surface area contributed by atoms with E-state index in [1.165, 1.54) is 6.07 Å². The number of anilines is 2. The third kappa shape index (κ3) is 4.35. The number of benzene rings is 1. The molecule has 1 amide bonds. The number of aromatic nitrogens is 3. The lowest BCUT2D eigenvalue weighted by atomic mass is 10.1. The molecule has 0 spiro atoms. The molecule has 0 radical (unpaired) electrons. The Labute approximate surface area is 183 Å². The van der Waals surface area contributed by atoms with Gasteiger partial charge in [0.1, 0.15) is 0 Å². The van der Waals surface area contributed by atoms with Crippen LogP contribution < -0.4 is 15.0 Å². The minimum atomic E-state index is -4.50. The molecule has 7 nitrogen and oxygen atoms in total. The van der Waals surface area contributed by atoms with Crippen molar-refractivity contribution in [2.75, 3.05) is 29.9 Å². The standard InChI is InChI=1S/C22H24F3N5O2/c1-13-10-14(2)26-20-19(13)21(28-29(20)3)32-12-18(31)27-16-11-15(22(23,24)25)6-7-17(16)30-8-4-5-9-30/h6-7,10-11H,4-5,8-9,12H2,1-3H3,(H,27,31). The van der Waals surface area contributed by atoms with Crippen LogP contribution in [0.1, 0.15) is 29.7 Å². The van der Waals surface area contributed by atoms with Gasteiger partial charge in [-0.15, -0.1) is 5.10 Å². The summed E-state index contributed by atoms with van der Waals surface area (Å²) in [4.78, 5) is 19.0. The van der Waals surface area contributed by atoms with Crippen molar-refractivity contribution in [1.29, 1.82) is 0 Å². The van der Waals surface area contributed by atoms with Gasteiger partial charge in [0.05, 0.1) is 22.3 Å². The van der Waals surface area contributed by atoms with Crippen LogP contribution in [-0.2, 0) is 18.0 Å². The number of carbonyl (C=O) groups excluding carboxylic acids is 1. The number of hydrogen-bond donors (Lipinski definition) is 1. The SMILES string of the molecule is Cc1cc(C)c2c(OCC(=O)Nc3cc(C(F)(F)F)ccc3N3CCCC3)nn(C)c2n1. The summed E-state index contributed by atoms with van der Waals surface area (Å²) in [5, 5.41) is 7.58. The molecule has 0 unspecified atom stereocenters. The second kappa shape index (κ2) is 8.33. The quantitative estimate of drug-likeness (QED) is 0.634. The highest BCUT2D eigenvalue weighted by Gasteiger charge is 2.32. The summed E-state index contributed by atoms with van der Waals surface area (Å²) < 4.78 is 46.9. The van der Waals surface area contributed by atoms with Crippen molar-refractivity contribution >= 4 is 28.3 Å². The Morgan fingerprint density at radius 1 is 1.19 bits per heavy atom. The van der Waals surface area contributed by atoms with Gasteiger partial charge in [0.15, 0.2) is 12.3 Å². The molecule has 0 saturated carbocycles. The minimum Gasteiger partial charge on any atom is -0.466 e. The Morgan fingerprint density at radius 2 is 1.91 bits per heavy atom. The highest BCUT2D eigenvalue weighted by molar-refractivity contribution is 5.96. The van der Waals surface area contributed by atoms with Crippen LogP contribution in [0.4, 0.5) is 24.5 Å². The number of ether oxygens (including phenoxy) is 1. The van der Waals surface area contributed by atoms with Crippen molar-refractivity contribution in [3.8, 4) is 5.88 Å². The summed E-state index contributed by atoms with van der Waals surface area (Å²) in [6.45, 7) is 4.85. The van der Waals surface area contributed by atoms with Crippen LogP contribution in [0.25, 0.3) is 11.0 Å². The number of halogens is 3. The fourth-order valence-electron chi connectivity index (χ4n) is 4.02. The second-order valence-corrected chi connectivity index (χ2v) is 7.97. The van der Waals surface area contributed by atoms with Crippen LogP contribution in [0, 0.1) is 13.8 Å². The molecule has 2 aromatic heterocycles. The molecule has 1 aliphatic rings. The number of hydrogen-bond acceptors (Lipinski definition) is 5. The Morgan fingerprint density at radius 3 is 2.59 bits per heavy atom. The molecule has 170 valence electrons. The predicted octanol–water partition coefficient (Wildman–Crippen LogP) is 4.22. The molecule has 1 aromatic carbocycles. The zero-order valence-corrected chi connectivity index (χ0v) is 18.1. The van der Waals surface area contributed by atoms with Gasteiger partial charge in [-0.2, -0.15) is 13.2 Å². The molecule has 3 heterocycles. The zero-order valence-electron chi connectivity index (χ0n) is 18.1. The Bertz CT molecular complexity index is 1170. The van der Waals surface area contributed by atoms with Crippen LogP contribution in [-0.4, -0.2) is 40.4 Å². The third-order valence-corrected chi connectivity index (χ3v) is 5.47. The molecule has 0 atom stereocenters. The van der Waals surface area contributed by atoms with Crippen molar-refractivity contribution in [2.24, 2.45) is 7.05 Å². The molecular weight excluding hydrogens is 423 g/mol. The summed E-state index contributed by atoms with van der Waals surface area (Å²) in [6.07, 6.45) is -2.59. The Hall–Kier alpha value is -3.30. The molecule has 4 rings (SSSR count). The smallest absolute Gasteiger partial charge is 0.416 e. The lowest BCUT2D eigenvalue weighted by molar-refractivity contribution is -0.137. The molecule has 32 heavy (non-hydrogen) atoms. The van der Waals surface area contributed by atoms with Gasteiger partial charge in [0.2, 0.25) is 5.88 Å². The fourth-order valence-corrected chi connectivity index (χ4v) is 4.02. The van der Waals surface area contributed by atoms with Gasteiger partial charge < -0.3 is 15.0 Å². The van der Waals surface area contributed by atoms with E-state index in [0.717, 1.165) is 49.3 Å². The number of alkyl halides is 3. The number of carbonyl (C=O) groups is 1. The Kier molecular flexibility index (Phi) is 5.70. The molecule has 1 N–H and O–H groups in total. The molecule has 10 heteroatoms. The first-order valence-electron chi connectivity index (χ1n) is 10.3. The third-order valence-electron chi connectivity index (χ3n) is 5.47. The van der Waals surface area contributed by atoms with Crippen LogP contribution in [0.15, 0.2) is 24.3 Å². The number of rotatable bonds is 5. The highest BCUT2D eigenvalue weighted by atomic mass is 19.4. The molecule has 0 aliphatic carbocycles. The van der Waals surface area contributed by atoms with Gasteiger partial charge in [0, 0.05) is 25.8 Å². The summed E-state index contributed by atoms with van der Waals surface area (Å²) >= 11 is 0. The molecule has 1 fully saturated rings. The lowest BCUT2D eigenvalue weighted by Gasteiger charge is -2.23. The van der Waals surface area contributed by atoms with E-state index < -0.39 is 24.3 Å². The monoisotopic (exact) mass is 447 g/mol. The maximum absolute atomic E-state index is 13.2. The van der Waals surface area contributed by atoms with Crippen LogP contribution in [0.2, 0.25) is 0 Å². The number of amides is 1. The van der Waals surface area contributed by atoms with Crippen molar-refractivity contribution in [3.05, 3.63) is 41.1 Å². The number of nitrogens with one attached hydrogen (secondary N) is 1. The zero-order chi connectivity index (χ0) is 23.0. The molecular formula is C22H24F3N5O2. The summed E-state index contributed by atoms with van der Waals surface area (Å²) in [7, 11) is 1.73. The molecule has 0 bridgehead atoms. The van der Waals surface area contributed by atoms with E-state index in [4.69, 9.17) is 4.74 Å². The number of aryl methyl sites for hydroxylation is 3. The second-order valence-electron chi connectivity index (χ2n) is 7.97. The van der Waals surface area contributed by atoms with Crippen LogP contribution in [0.5, 0.6) is 5.88 Å². The number of fused-ring (bicyclic) bond motifs is 1. The molecule has 1 saturated heterocycles. The summed E-state index contributed by atoms with van der Waals surface area (Å²) in [6, 6.07) is 5.31. The first-order chi connectivity index (χ1) is 15.1. The summed E-state index contributed by atoms with van der Waals surface area (Å²) in [5.41, 5.74) is 2.25. The van der Waals surface area contributed by atoms with Crippen molar-refractivity contribution in [3.63, 3.8) is 0 Å². The van der Waals surface area contributed by atoms with Crippen molar-refractivity contribution in [2.45, 2.75) is 32.9 Å². The number of pyridine rings is 1. The van der Waals surface area contributed by atoms with Gasteiger partial charge in [-0.1, -0.05) is 0 Å². The van der Waals surface area contributed by atoms with E-state index in [1.54, 1.807) is 11.7 Å². The van der Waals surface area contributed by atoms with E-state index in [2.05, 4.69) is 15.4 Å². The van der Waals surface area contributed by atoms with Gasteiger partial charge >= 0.3 is 6.18 Å². The van der Waals surface area contributed by atoms with Gasteiger partial charge in [-0.3, -0.25) is 4.79 Å². The lowest BCUT2D eigenvalue weighted by Crippen LogP contribution is -2.24. The van der Waals surface area contributed by atoms with Crippen molar-refractivity contribution < 1.29 is 22.7 Å². The van der Waals surface area contributed by atoms with Crippen LogP contribution >= 0.6 is 0 Å². The normalized spacial score (nSPS) is 14.2. The van der Waals surface area contributed by atoms with E-state index in [9.17, 15) is 18.0 Å². The Balaban J connectivity index is 1.55. The largest absolute Gasteiger partial charge is 0.466 e. The predicted molar refractivity (Wildman–Crippen MR) is 115 cm³/mol. The van der Waals surface area contributed by atoms with Crippen LogP contribution in [0.3, 0.4) is 0 Å². The maximum atomic E-state index is 13.2. The first kappa shape index (κ1) is 21.9. The molecule has 3 aromatic rings. The van der Waals surface area contributed by atoms with Gasteiger partial charge in [0.25, 0.3) is 5.91 Å². The fraction of sp³-hybridized carbons (Fsp3) is 0.409. The number of nitrogens with zero attached hydrogens (tertiary/aromatic N) is 4. The summed E-state index contributed by atoms with van der Waals surface area (Å²) in [5.74, 6) is -0.312. The van der Waals surface area contributed by atoms with Gasteiger partial charge in [-0.25, -0.2) is 9.67 Å². The average molecular weight is 447 g/mol. The first-order valence-corrected chi connectivity index (χ1v) is 10.3. The van der Waals surface area contributed by atoms with E-state index in [-0.39, 0.29) is 11.6 Å². The maximum Gasteiger partial charge on any atom is 0.416 e.